The molecule has 0 fully saturated rings. The van der Waals surface area contributed by atoms with Gasteiger partial charge in [0.1, 0.15) is 0 Å². The van der Waals surface area contributed by atoms with Crippen LogP contribution in [0.2, 0.25) is 0 Å². The van der Waals surface area contributed by atoms with Crippen molar-refractivity contribution in [3.8, 4) is 17.2 Å². The highest BCUT2D eigenvalue weighted by atomic mass is 32.2. The van der Waals surface area contributed by atoms with E-state index >= 15 is 0 Å². The highest BCUT2D eigenvalue weighted by molar-refractivity contribution is 7.99. The van der Waals surface area contributed by atoms with Crippen LogP contribution < -0.4 is 10.2 Å². The van der Waals surface area contributed by atoms with Crippen molar-refractivity contribution in [2.24, 2.45) is 5.10 Å². The summed E-state index contributed by atoms with van der Waals surface area (Å²) in [5.74, 6) is 0.148. The molecule has 2 aromatic carbocycles. The summed E-state index contributed by atoms with van der Waals surface area (Å²) < 4.78 is 6.52. The van der Waals surface area contributed by atoms with Crippen LogP contribution in [-0.2, 0) is 4.79 Å². The van der Waals surface area contributed by atoms with Gasteiger partial charge in [0, 0.05) is 0 Å². The summed E-state index contributed by atoms with van der Waals surface area (Å²) in [6.45, 7) is 0. The molecule has 0 bridgehead atoms. The number of hydrogen-bond donors (Lipinski definition) is 2. The average molecular weight is 384 g/mol. The predicted octanol–water partition coefficient (Wildman–Crippen LogP) is 1.62. The number of rotatable bonds is 7. The first kappa shape index (κ1) is 18.4. The van der Waals surface area contributed by atoms with Crippen molar-refractivity contribution in [3.05, 3.63) is 54.1 Å². The molecule has 0 saturated heterocycles. The fourth-order valence-corrected chi connectivity index (χ4v) is 2.81. The first-order valence-corrected chi connectivity index (χ1v) is 8.81. The molecule has 1 heterocycles. The van der Waals surface area contributed by atoms with Crippen LogP contribution in [0.25, 0.3) is 5.69 Å². The number of phenols is 1. The second kappa shape index (κ2) is 8.81. The number of phenolic OH excluding ortho intramolecular Hbond substituents is 1. The number of nitrogens with zero attached hydrogens (tertiary/aromatic N) is 5. The zero-order chi connectivity index (χ0) is 19.1. The van der Waals surface area contributed by atoms with Gasteiger partial charge in [-0.1, -0.05) is 30.0 Å². The fraction of sp³-hybridized carbons (Fsp3) is 0.118. The number of benzene rings is 2. The van der Waals surface area contributed by atoms with Gasteiger partial charge in [-0.05, 0) is 46.3 Å². The maximum atomic E-state index is 12.0. The SMILES string of the molecule is COc1ccc(/C=N\NC(=O)CSc2nnnn2-c2ccccc2)cc1O. The van der Waals surface area contributed by atoms with Gasteiger partial charge in [0.05, 0.1) is 24.8 Å². The summed E-state index contributed by atoms with van der Waals surface area (Å²) in [7, 11) is 1.47. The Morgan fingerprint density at radius 2 is 2.15 bits per heavy atom. The van der Waals surface area contributed by atoms with E-state index < -0.39 is 0 Å². The highest BCUT2D eigenvalue weighted by Crippen LogP contribution is 2.25. The summed E-state index contributed by atoms with van der Waals surface area (Å²) in [5, 5.41) is 25.6. The number of aromatic hydroxyl groups is 1. The molecule has 2 N–H and O–H groups in total. The smallest absolute Gasteiger partial charge is 0.250 e. The number of aromatic nitrogens is 4. The van der Waals surface area contributed by atoms with Crippen molar-refractivity contribution in [1.29, 1.82) is 0 Å². The number of nitrogens with one attached hydrogen (secondary N) is 1. The summed E-state index contributed by atoms with van der Waals surface area (Å²) in [6.07, 6.45) is 1.43. The number of hydrogen-bond acceptors (Lipinski definition) is 8. The van der Waals surface area contributed by atoms with Crippen molar-refractivity contribution in [2.45, 2.75) is 5.16 Å². The number of tetrazole rings is 1. The molecule has 27 heavy (non-hydrogen) atoms. The van der Waals surface area contributed by atoms with Crippen LogP contribution in [0.4, 0.5) is 0 Å². The van der Waals surface area contributed by atoms with Crippen molar-refractivity contribution in [3.63, 3.8) is 0 Å². The molecule has 0 unspecified atom stereocenters. The summed E-state index contributed by atoms with van der Waals surface area (Å²) >= 11 is 1.19. The summed E-state index contributed by atoms with van der Waals surface area (Å²) in [4.78, 5) is 12.0. The molecule has 0 aliphatic rings. The van der Waals surface area contributed by atoms with Crippen molar-refractivity contribution < 1.29 is 14.6 Å². The second-order valence-electron chi connectivity index (χ2n) is 5.22. The minimum absolute atomic E-state index is 0.00363. The molecular weight excluding hydrogens is 368 g/mol. The van der Waals surface area contributed by atoms with E-state index in [-0.39, 0.29) is 17.4 Å². The van der Waals surface area contributed by atoms with Gasteiger partial charge in [0.2, 0.25) is 5.16 Å². The van der Waals surface area contributed by atoms with Gasteiger partial charge in [0.25, 0.3) is 5.91 Å². The third-order valence-corrected chi connectivity index (χ3v) is 4.30. The second-order valence-corrected chi connectivity index (χ2v) is 6.16. The summed E-state index contributed by atoms with van der Waals surface area (Å²) in [5.41, 5.74) is 3.85. The molecule has 0 aliphatic carbocycles. The molecule has 3 aromatic rings. The van der Waals surface area contributed by atoms with Gasteiger partial charge in [-0.2, -0.15) is 9.78 Å². The number of para-hydroxylation sites is 1. The molecule has 0 spiro atoms. The Bertz CT molecular complexity index is 945. The van der Waals surface area contributed by atoms with Crippen LogP contribution in [-0.4, -0.2) is 50.3 Å². The third kappa shape index (κ3) is 4.82. The monoisotopic (exact) mass is 384 g/mol. The van der Waals surface area contributed by atoms with E-state index in [0.29, 0.717) is 16.5 Å². The molecule has 1 amide bonds. The van der Waals surface area contributed by atoms with E-state index in [4.69, 9.17) is 4.74 Å². The number of amides is 1. The lowest BCUT2D eigenvalue weighted by atomic mass is 10.2. The molecule has 1 aromatic heterocycles. The third-order valence-electron chi connectivity index (χ3n) is 3.38. The van der Waals surface area contributed by atoms with Gasteiger partial charge in [-0.3, -0.25) is 4.79 Å². The molecule has 9 nitrogen and oxygen atoms in total. The van der Waals surface area contributed by atoms with Crippen LogP contribution in [0.5, 0.6) is 11.5 Å². The van der Waals surface area contributed by atoms with Crippen LogP contribution in [0.15, 0.2) is 58.8 Å². The van der Waals surface area contributed by atoms with Crippen molar-refractivity contribution in [2.75, 3.05) is 12.9 Å². The molecule has 0 aliphatic heterocycles. The van der Waals surface area contributed by atoms with E-state index in [1.807, 2.05) is 30.3 Å². The number of carbonyl (C=O) groups is 1. The van der Waals surface area contributed by atoms with Crippen LogP contribution in [0, 0.1) is 0 Å². The lowest BCUT2D eigenvalue weighted by Gasteiger charge is -2.04. The molecule has 138 valence electrons. The quantitative estimate of drug-likeness (QED) is 0.361. The minimum atomic E-state index is -0.309. The van der Waals surface area contributed by atoms with Gasteiger partial charge in [-0.15, -0.1) is 5.10 Å². The molecule has 10 heteroatoms. The lowest BCUT2D eigenvalue weighted by Crippen LogP contribution is -2.20. The Morgan fingerprint density at radius 1 is 1.33 bits per heavy atom. The number of methoxy groups -OCH3 is 1. The highest BCUT2D eigenvalue weighted by Gasteiger charge is 2.11. The van der Waals surface area contributed by atoms with E-state index in [1.54, 1.807) is 16.8 Å². The van der Waals surface area contributed by atoms with E-state index in [2.05, 4.69) is 26.1 Å². The Morgan fingerprint density at radius 3 is 2.89 bits per heavy atom. The molecule has 0 saturated carbocycles. The van der Waals surface area contributed by atoms with Crippen molar-refractivity contribution >= 4 is 23.9 Å². The standard InChI is InChI=1S/C17H16N6O3S/c1-26-15-8-7-12(9-14(15)24)10-18-19-16(25)11-27-17-20-21-22-23(17)13-5-3-2-4-6-13/h2-10,24H,11H2,1H3,(H,19,25)/b18-10-. The normalized spacial score (nSPS) is 10.9. The largest absolute Gasteiger partial charge is 0.504 e. The van der Waals surface area contributed by atoms with Crippen LogP contribution in [0.3, 0.4) is 0 Å². The lowest BCUT2D eigenvalue weighted by molar-refractivity contribution is -0.118. The molecule has 0 atom stereocenters. The predicted molar refractivity (Wildman–Crippen MR) is 100 cm³/mol. The van der Waals surface area contributed by atoms with Crippen LogP contribution in [0.1, 0.15) is 5.56 Å². The number of ether oxygens (including phenoxy) is 1. The topological polar surface area (TPSA) is 115 Å². The summed E-state index contributed by atoms with van der Waals surface area (Å²) in [6, 6.07) is 14.2. The van der Waals surface area contributed by atoms with Crippen LogP contribution >= 0.6 is 11.8 Å². The molecule has 0 radical (unpaired) electrons. The number of thioether (sulfide) groups is 1. The van der Waals surface area contributed by atoms with Crippen molar-refractivity contribution in [1.82, 2.24) is 25.6 Å². The Hall–Kier alpha value is -3.40. The van der Waals surface area contributed by atoms with E-state index in [1.165, 1.54) is 31.2 Å². The zero-order valence-electron chi connectivity index (χ0n) is 14.3. The minimum Gasteiger partial charge on any atom is -0.504 e. The maximum absolute atomic E-state index is 12.0. The van der Waals surface area contributed by atoms with E-state index in [9.17, 15) is 9.90 Å². The Balaban J connectivity index is 1.54. The van der Waals surface area contributed by atoms with Gasteiger partial charge < -0.3 is 9.84 Å². The first-order valence-electron chi connectivity index (χ1n) is 7.83. The van der Waals surface area contributed by atoms with E-state index in [0.717, 1.165) is 5.69 Å². The van der Waals surface area contributed by atoms with Gasteiger partial charge in [0.15, 0.2) is 11.5 Å². The molecule has 3 rings (SSSR count). The molecular formula is C17H16N6O3S. The first-order chi connectivity index (χ1) is 13.2. The van der Waals surface area contributed by atoms with Gasteiger partial charge in [-0.25, -0.2) is 5.43 Å². The average Bonchev–Trinajstić information content (AvgIpc) is 3.16. The maximum Gasteiger partial charge on any atom is 0.250 e. The fourth-order valence-electron chi connectivity index (χ4n) is 2.13. The van der Waals surface area contributed by atoms with Gasteiger partial charge >= 0.3 is 0 Å². The zero-order valence-corrected chi connectivity index (χ0v) is 15.1. The Labute approximate surface area is 159 Å². The Kier molecular flexibility index (Phi) is 6.00. The number of carbonyl (C=O) groups excluding carboxylic acids is 1. The number of hydrazone groups is 1.